The van der Waals surface area contributed by atoms with Crippen molar-refractivity contribution in [2.75, 3.05) is 6.54 Å². The molecule has 98 valence electrons. The van der Waals surface area contributed by atoms with Crippen molar-refractivity contribution >= 4 is 29.1 Å². The maximum Gasteiger partial charge on any atom is 0.252 e. The van der Waals surface area contributed by atoms with Crippen LogP contribution in [0.3, 0.4) is 0 Å². The fourth-order valence-corrected chi connectivity index (χ4v) is 2.31. The van der Waals surface area contributed by atoms with Gasteiger partial charge >= 0.3 is 0 Å². The van der Waals surface area contributed by atoms with Crippen LogP contribution in [0.2, 0.25) is 10.0 Å². The number of amides is 1. The van der Waals surface area contributed by atoms with Gasteiger partial charge in [0, 0.05) is 11.6 Å². The number of nitrogens with one attached hydrogen (secondary N) is 1. The summed E-state index contributed by atoms with van der Waals surface area (Å²) >= 11 is 11.7. The summed E-state index contributed by atoms with van der Waals surface area (Å²) < 4.78 is 0. The van der Waals surface area contributed by atoms with E-state index in [0.717, 1.165) is 12.8 Å². The summed E-state index contributed by atoms with van der Waals surface area (Å²) in [6.07, 6.45) is 2.48. The van der Waals surface area contributed by atoms with Crippen LogP contribution < -0.4 is 5.32 Å². The number of aliphatic hydroxyl groups is 1. The molecule has 5 heteroatoms. The van der Waals surface area contributed by atoms with Gasteiger partial charge in [-0.05, 0) is 43.4 Å². The van der Waals surface area contributed by atoms with E-state index in [1.54, 1.807) is 12.1 Å². The first-order chi connectivity index (χ1) is 8.58. The monoisotopic (exact) mass is 287 g/mol. The average Bonchev–Trinajstić information content (AvgIpc) is 3.12. The molecule has 1 aliphatic rings. The number of rotatable bonds is 5. The van der Waals surface area contributed by atoms with E-state index in [1.165, 1.54) is 6.07 Å². The van der Waals surface area contributed by atoms with E-state index in [2.05, 4.69) is 5.32 Å². The Balaban J connectivity index is 1.83. The predicted molar refractivity (Wildman–Crippen MR) is 72.1 cm³/mol. The van der Waals surface area contributed by atoms with Crippen LogP contribution >= 0.6 is 23.2 Å². The van der Waals surface area contributed by atoms with Crippen molar-refractivity contribution in [1.82, 2.24) is 5.32 Å². The maximum atomic E-state index is 11.8. The molecule has 1 atom stereocenters. The Hall–Kier alpha value is -0.770. The maximum absolute atomic E-state index is 11.8. The third kappa shape index (κ3) is 3.61. The summed E-state index contributed by atoms with van der Waals surface area (Å²) in [4.78, 5) is 11.8. The Labute approximate surface area is 116 Å². The summed E-state index contributed by atoms with van der Waals surface area (Å²) in [5.41, 5.74) is 0.405. The molecule has 1 saturated carbocycles. The smallest absolute Gasteiger partial charge is 0.252 e. The number of halogens is 2. The molecule has 2 rings (SSSR count). The van der Waals surface area contributed by atoms with Crippen molar-refractivity contribution in [1.29, 1.82) is 0 Å². The van der Waals surface area contributed by atoms with Crippen molar-refractivity contribution in [3.63, 3.8) is 0 Å². The molecule has 1 fully saturated rings. The largest absolute Gasteiger partial charge is 0.393 e. The van der Waals surface area contributed by atoms with Gasteiger partial charge in [0.05, 0.1) is 16.7 Å². The molecule has 0 spiro atoms. The summed E-state index contributed by atoms with van der Waals surface area (Å²) in [5, 5.41) is 13.3. The Kier molecular flexibility index (Phi) is 4.49. The Morgan fingerprint density at radius 3 is 2.78 bits per heavy atom. The number of carbonyl (C=O) groups is 1. The summed E-state index contributed by atoms with van der Waals surface area (Å²) in [6, 6.07) is 4.76. The molecule has 18 heavy (non-hydrogen) atoms. The lowest BCUT2D eigenvalue weighted by Crippen LogP contribution is -2.27. The lowest BCUT2D eigenvalue weighted by atomic mass is 10.1. The van der Waals surface area contributed by atoms with E-state index in [1.807, 2.05) is 0 Å². The normalized spacial score (nSPS) is 16.4. The van der Waals surface area contributed by atoms with Crippen LogP contribution in [0, 0.1) is 5.92 Å². The molecule has 0 saturated heterocycles. The standard InChI is InChI=1S/C13H15Cl2NO2/c14-9-3-4-10(11(15)7-9)13(18)16-6-5-12(17)8-1-2-8/h3-4,7-8,12,17H,1-2,5-6H2,(H,16,18)/t12-/m0/s1. The van der Waals surface area contributed by atoms with E-state index in [9.17, 15) is 9.90 Å². The summed E-state index contributed by atoms with van der Waals surface area (Å²) in [6.45, 7) is 0.454. The summed E-state index contributed by atoms with van der Waals surface area (Å²) in [7, 11) is 0. The second-order valence-corrected chi connectivity index (χ2v) is 5.42. The SMILES string of the molecule is O=C(NCC[C@H](O)C1CC1)c1ccc(Cl)cc1Cl. The van der Waals surface area contributed by atoms with Crippen LogP contribution in [-0.4, -0.2) is 23.7 Å². The van der Waals surface area contributed by atoms with Crippen molar-refractivity contribution in [2.45, 2.75) is 25.4 Å². The second-order valence-electron chi connectivity index (χ2n) is 4.57. The molecule has 0 aliphatic heterocycles. The van der Waals surface area contributed by atoms with Crippen LogP contribution in [0.25, 0.3) is 0 Å². The van der Waals surface area contributed by atoms with Gasteiger partial charge in [-0.15, -0.1) is 0 Å². The molecule has 0 unspecified atom stereocenters. The molecule has 0 heterocycles. The first kappa shape index (κ1) is 13.7. The fourth-order valence-electron chi connectivity index (χ4n) is 1.82. The lowest BCUT2D eigenvalue weighted by molar-refractivity contribution is 0.0937. The topological polar surface area (TPSA) is 49.3 Å². The van der Waals surface area contributed by atoms with Crippen molar-refractivity contribution in [2.24, 2.45) is 5.92 Å². The van der Waals surface area contributed by atoms with Gasteiger partial charge in [0.2, 0.25) is 0 Å². The number of aliphatic hydroxyl groups excluding tert-OH is 1. The second kappa shape index (κ2) is 5.91. The van der Waals surface area contributed by atoms with Gasteiger partial charge in [-0.3, -0.25) is 4.79 Å². The average molecular weight is 288 g/mol. The highest BCUT2D eigenvalue weighted by Crippen LogP contribution is 2.33. The van der Waals surface area contributed by atoms with E-state index in [-0.39, 0.29) is 12.0 Å². The highest BCUT2D eigenvalue weighted by Gasteiger charge is 2.29. The van der Waals surface area contributed by atoms with Gasteiger partial charge < -0.3 is 10.4 Å². The van der Waals surface area contributed by atoms with Gasteiger partial charge in [0.1, 0.15) is 0 Å². The van der Waals surface area contributed by atoms with Crippen LogP contribution in [0.1, 0.15) is 29.6 Å². The molecule has 0 aromatic heterocycles. The van der Waals surface area contributed by atoms with Crippen molar-refractivity contribution < 1.29 is 9.90 Å². The number of hydrogen-bond acceptors (Lipinski definition) is 2. The van der Waals surface area contributed by atoms with Crippen LogP contribution in [0.4, 0.5) is 0 Å². The Morgan fingerprint density at radius 2 is 2.17 bits per heavy atom. The molecule has 3 nitrogen and oxygen atoms in total. The zero-order valence-electron chi connectivity index (χ0n) is 9.83. The number of hydrogen-bond donors (Lipinski definition) is 2. The van der Waals surface area contributed by atoms with Gasteiger partial charge in [0.15, 0.2) is 0 Å². The molecule has 0 bridgehead atoms. The molecule has 1 aromatic carbocycles. The number of carbonyl (C=O) groups excluding carboxylic acids is 1. The molecule has 2 N–H and O–H groups in total. The third-order valence-corrected chi connectivity index (χ3v) is 3.62. The fraction of sp³-hybridized carbons (Fsp3) is 0.462. The first-order valence-electron chi connectivity index (χ1n) is 5.99. The minimum absolute atomic E-state index is 0.236. The predicted octanol–water partition coefficient (Wildman–Crippen LogP) is 2.88. The molecule has 1 aromatic rings. The zero-order chi connectivity index (χ0) is 13.1. The van der Waals surface area contributed by atoms with Crippen molar-refractivity contribution in [3.05, 3.63) is 33.8 Å². The summed E-state index contributed by atoms with van der Waals surface area (Å²) in [5.74, 6) is 0.195. The van der Waals surface area contributed by atoms with E-state index < -0.39 is 0 Å². The molecular formula is C13H15Cl2NO2. The molecule has 1 aliphatic carbocycles. The van der Waals surface area contributed by atoms with E-state index >= 15 is 0 Å². The highest BCUT2D eigenvalue weighted by atomic mass is 35.5. The Bertz CT molecular complexity index is 447. The van der Waals surface area contributed by atoms with Gasteiger partial charge in [-0.25, -0.2) is 0 Å². The highest BCUT2D eigenvalue weighted by molar-refractivity contribution is 6.36. The number of benzene rings is 1. The van der Waals surface area contributed by atoms with Crippen molar-refractivity contribution in [3.8, 4) is 0 Å². The Morgan fingerprint density at radius 1 is 1.44 bits per heavy atom. The first-order valence-corrected chi connectivity index (χ1v) is 6.75. The minimum Gasteiger partial charge on any atom is -0.393 e. The minimum atomic E-state index is -0.300. The van der Waals surface area contributed by atoms with Crippen LogP contribution in [0.15, 0.2) is 18.2 Å². The zero-order valence-corrected chi connectivity index (χ0v) is 11.3. The van der Waals surface area contributed by atoms with Crippen LogP contribution in [-0.2, 0) is 0 Å². The van der Waals surface area contributed by atoms with E-state index in [0.29, 0.717) is 34.5 Å². The van der Waals surface area contributed by atoms with Crippen LogP contribution in [0.5, 0.6) is 0 Å². The van der Waals surface area contributed by atoms with Gasteiger partial charge in [-0.1, -0.05) is 23.2 Å². The van der Waals surface area contributed by atoms with E-state index in [4.69, 9.17) is 23.2 Å². The quantitative estimate of drug-likeness (QED) is 0.875. The van der Waals surface area contributed by atoms with Gasteiger partial charge in [0.25, 0.3) is 5.91 Å². The lowest BCUT2D eigenvalue weighted by Gasteiger charge is -2.10. The van der Waals surface area contributed by atoms with Gasteiger partial charge in [-0.2, -0.15) is 0 Å². The molecule has 1 amide bonds. The molecular weight excluding hydrogens is 273 g/mol. The third-order valence-electron chi connectivity index (χ3n) is 3.07. The molecule has 0 radical (unpaired) electrons.